The monoisotopic (exact) mass is 535 g/mol. The Kier molecular flexibility index (Phi) is 11.0. The lowest BCUT2D eigenvalue weighted by Gasteiger charge is -2.32. The van der Waals surface area contributed by atoms with Gasteiger partial charge >= 0.3 is 5.97 Å². The SMILES string of the molecule is CCOC(=O)/C(C)=C/[C@@H](NC(=O)[C@@H](NC(=O)/C(=C/c1ccc2ccccc2c1)NC(C)=O)C(C)(C)C)C(C)C. The first kappa shape index (κ1) is 31.3. The van der Waals surface area contributed by atoms with Crippen LogP contribution in [0.3, 0.4) is 0 Å². The van der Waals surface area contributed by atoms with Crippen LogP contribution in [0.25, 0.3) is 16.8 Å². The molecule has 8 heteroatoms. The molecule has 0 radical (unpaired) electrons. The number of benzene rings is 2. The van der Waals surface area contributed by atoms with E-state index in [1.54, 1.807) is 26.0 Å². The van der Waals surface area contributed by atoms with Crippen molar-refractivity contribution in [2.45, 2.75) is 67.5 Å². The third-order valence-corrected chi connectivity index (χ3v) is 6.10. The fourth-order valence-electron chi connectivity index (χ4n) is 3.93. The van der Waals surface area contributed by atoms with Gasteiger partial charge in [-0.25, -0.2) is 4.79 Å². The van der Waals surface area contributed by atoms with E-state index in [0.717, 1.165) is 16.3 Å². The number of amides is 3. The van der Waals surface area contributed by atoms with Gasteiger partial charge < -0.3 is 20.7 Å². The molecule has 2 rings (SSSR count). The molecule has 0 aliphatic rings. The largest absolute Gasteiger partial charge is 0.463 e. The molecular weight excluding hydrogens is 494 g/mol. The molecule has 0 heterocycles. The Balaban J connectivity index is 2.35. The van der Waals surface area contributed by atoms with E-state index < -0.39 is 41.2 Å². The van der Waals surface area contributed by atoms with Crippen molar-refractivity contribution < 1.29 is 23.9 Å². The average Bonchev–Trinajstić information content (AvgIpc) is 2.85. The van der Waals surface area contributed by atoms with Crippen molar-refractivity contribution in [3.8, 4) is 0 Å². The molecule has 210 valence electrons. The maximum atomic E-state index is 13.5. The van der Waals surface area contributed by atoms with Gasteiger partial charge in [0.25, 0.3) is 5.91 Å². The lowest BCUT2D eigenvalue weighted by molar-refractivity contribution is -0.138. The summed E-state index contributed by atoms with van der Waals surface area (Å²) >= 11 is 0. The third-order valence-electron chi connectivity index (χ3n) is 6.10. The standard InChI is InChI=1S/C31H41N3O5/c1-9-39-30(38)20(4)16-25(19(2)3)33-29(37)27(31(6,7)8)34-28(36)26(32-21(5)35)18-22-14-15-23-12-10-11-13-24(23)17-22/h10-19,25,27H,9H2,1-8H3,(H,32,35)(H,33,37)(H,34,36)/b20-16+,26-18-/t25-,27-/m1/s1. The first-order chi connectivity index (χ1) is 18.2. The van der Waals surface area contributed by atoms with E-state index in [9.17, 15) is 19.2 Å². The Morgan fingerprint density at radius 2 is 1.59 bits per heavy atom. The number of hydrogen-bond acceptors (Lipinski definition) is 5. The van der Waals surface area contributed by atoms with Gasteiger partial charge in [0.2, 0.25) is 11.8 Å². The van der Waals surface area contributed by atoms with E-state index >= 15 is 0 Å². The number of carbonyl (C=O) groups is 4. The Hall–Kier alpha value is -3.94. The van der Waals surface area contributed by atoms with E-state index in [1.165, 1.54) is 6.92 Å². The topological polar surface area (TPSA) is 114 Å². The maximum absolute atomic E-state index is 13.5. The van der Waals surface area contributed by atoms with Crippen molar-refractivity contribution in [3.05, 3.63) is 65.4 Å². The number of ether oxygens (including phenoxy) is 1. The number of rotatable bonds is 10. The quantitative estimate of drug-likeness (QED) is 0.306. The van der Waals surface area contributed by atoms with E-state index in [0.29, 0.717) is 5.57 Å². The van der Waals surface area contributed by atoms with Crippen LogP contribution in [0.1, 0.15) is 61.0 Å². The molecule has 0 bridgehead atoms. The molecule has 0 saturated carbocycles. The number of fused-ring (bicyclic) bond motifs is 1. The zero-order valence-electron chi connectivity index (χ0n) is 24.2. The number of hydrogen-bond donors (Lipinski definition) is 3. The molecule has 0 aliphatic carbocycles. The molecule has 3 N–H and O–H groups in total. The van der Waals surface area contributed by atoms with Crippen molar-refractivity contribution in [2.75, 3.05) is 6.61 Å². The first-order valence-corrected chi connectivity index (χ1v) is 13.2. The number of carbonyl (C=O) groups excluding carboxylic acids is 4. The number of esters is 1. The third kappa shape index (κ3) is 9.39. The maximum Gasteiger partial charge on any atom is 0.333 e. The Bertz CT molecular complexity index is 1270. The van der Waals surface area contributed by atoms with Crippen LogP contribution in [0, 0.1) is 11.3 Å². The highest BCUT2D eigenvalue weighted by Gasteiger charge is 2.35. The summed E-state index contributed by atoms with van der Waals surface area (Å²) in [5.74, 6) is -1.88. The van der Waals surface area contributed by atoms with E-state index in [4.69, 9.17) is 4.74 Å². The van der Waals surface area contributed by atoms with Crippen LogP contribution in [-0.4, -0.2) is 42.4 Å². The van der Waals surface area contributed by atoms with Crippen molar-refractivity contribution in [1.82, 2.24) is 16.0 Å². The molecule has 0 aromatic heterocycles. The molecule has 0 unspecified atom stereocenters. The summed E-state index contributed by atoms with van der Waals surface area (Å²) < 4.78 is 5.06. The van der Waals surface area contributed by atoms with Gasteiger partial charge in [0.1, 0.15) is 11.7 Å². The van der Waals surface area contributed by atoms with E-state index in [2.05, 4.69) is 16.0 Å². The van der Waals surface area contributed by atoms with Gasteiger partial charge in [-0.2, -0.15) is 0 Å². The van der Waals surface area contributed by atoms with Crippen LogP contribution in [0.4, 0.5) is 0 Å². The fraction of sp³-hybridized carbons (Fsp3) is 0.419. The summed E-state index contributed by atoms with van der Waals surface area (Å²) in [6.45, 7) is 14.3. The molecule has 0 aliphatic heterocycles. The lowest BCUT2D eigenvalue weighted by atomic mass is 9.85. The molecule has 39 heavy (non-hydrogen) atoms. The smallest absolute Gasteiger partial charge is 0.333 e. The van der Waals surface area contributed by atoms with Crippen LogP contribution in [0.2, 0.25) is 0 Å². The Morgan fingerprint density at radius 1 is 0.949 bits per heavy atom. The summed E-state index contributed by atoms with van der Waals surface area (Å²) in [6.07, 6.45) is 3.26. The molecule has 2 aromatic rings. The second kappa shape index (κ2) is 13.7. The molecule has 0 spiro atoms. The molecule has 2 atom stereocenters. The van der Waals surface area contributed by atoms with E-state index in [-0.39, 0.29) is 18.2 Å². The second-order valence-electron chi connectivity index (χ2n) is 11.0. The molecular formula is C31H41N3O5. The lowest BCUT2D eigenvalue weighted by Crippen LogP contribution is -2.56. The summed E-state index contributed by atoms with van der Waals surface area (Å²) in [4.78, 5) is 51.0. The van der Waals surface area contributed by atoms with Gasteiger partial charge in [0, 0.05) is 12.5 Å². The summed E-state index contributed by atoms with van der Waals surface area (Å²) in [5, 5.41) is 10.4. The molecule has 8 nitrogen and oxygen atoms in total. The minimum atomic E-state index is -0.934. The minimum Gasteiger partial charge on any atom is -0.463 e. The summed E-state index contributed by atoms with van der Waals surface area (Å²) in [5.41, 5.74) is 0.478. The zero-order valence-corrected chi connectivity index (χ0v) is 24.2. The van der Waals surface area contributed by atoms with Crippen molar-refractivity contribution in [1.29, 1.82) is 0 Å². The van der Waals surface area contributed by atoms with Gasteiger partial charge in [-0.3, -0.25) is 14.4 Å². The molecule has 0 saturated heterocycles. The average molecular weight is 536 g/mol. The highest BCUT2D eigenvalue weighted by Crippen LogP contribution is 2.22. The Morgan fingerprint density at radius 3 is 2.15 bits per heavy atom. The molecule has 3 amide bonds. The predicted molar refractivity (Wildman–Crippen MR) is 154 cm³/mol. The van der Waals surface area contributed by atoms with Crippen molar-refractivity contribution in [2.24, 2.45) is 11.3 Å². The second-order valence-corrected chi connectivity index (χ2v) is 11.0. The minimum absolute atomic E-state index is 0.0262. The molecule has 2 aromatic carbocycles. The van der Waals surface area contributed by atoms with Gasteiger partial charge in [-0.1, -0.05) is 77.1 Å². The van der Waals surface area contributed by atoms with Crippen molar-refractivity contribution in [3.63, 3.8) is 0 Å². The first-order valence-electron chi connectivity index (χ1n) is 13.2. The van der Waals surface area contributed by atoms with Gasteiger partial charge in [-0.15, -0.1) is 0 Å². The fourth-order valence-corrected chi connectivity index (χ4v) is 3.93. The molecule has 0 fully saturated rings. The van der Waals surface area contributed by atoms with Gasteiger partial charge in [0.15, 0.2) is 0 Å². The van der Waals surface area contributed by atoms with Crippen LogP contribution >= 0.6 is 0 Å². The highest BCUT2D eigenvalue weighted by molar-refractivity contribution is 6.03. The predicted octanol–water partition coefficient (Wildman–Crippen LogP) is 4.50. The van der Waals surface area contributed by atoms with Crippen LogP contribution in [-0.2, 0) is 23.9 Å². The van der Waals surface area contributed by atoms with Crippen molar-refractivity contribution >= 4 is 40.5 Å². The van der Waals surface area contributed by atoms with Crippen LogP contribution < -0.4 is 16.0 Å². The van der Waals surface area contributed by atoms with E-state index in [1.807, 2.05) is 77.1 Å². The highest BCUT2D eigenvalue weighted by atomic mass is 16.5. The van der Waals surface area contributed by atoms with Gasteiger partial charge in [0.05, 0.1) is 12.6 Å². The van der Waals surface area contributed by atoms with Crippen LogP contribution in [0.5, 0.6) is 0 Å². The summed E-state index contributed by atoms with van der Waals surface area (Å²) in [7, 11) is 0. The summed E-state index contributed by atoms with van der Waals surface area (Å²) in [6, 6.07) is 12.1. The number of nitrogens with one attached hydrogen (secondary N) is 3. The zero-order chi connectivity index (χ0) is 29.3. The van der Waals surface area contributed by atoms with Gasteiger partial charge in [-0.05, 0) is 53.7 Å². The van der Waals surface area contributed by atoms with Crippen LogP contribution in [0.15, 0.2) is 59.8 Å². The Labute approximate surface area is 231 Å². The normalized spacial score (nSPS) is 14.0.